The number of hydrogen-bond donors (Lipinski definition) is 0. The van der Waals surface area contributed by atoms with Crippen LogP contribution in [-0.2, 0) is 7.05 Å². The lowest BCUT2D eigenvalue weighted by Crippen LogP contribution is -1.93. The van der Waals surface area contributed by atoms with Gasteiger partial charge in [-0.25, -0.2) is 0 Å². The van der Waals surface area contributed by atoms with E-state index >= 15 is 0 Å². The van der Waals surface area contributed by atoms with Crippen molar-refractivity contribution in [2.24, 2.45) is 7.05 Å². The second-order valence-corrected chi connectivity index (χ2v) is 4.81. The Hall–Kier alpha value is -2.12. The van der Waals surface area contributed by atoms with Crippen LogP contribution in [0.4, 0.5) is 0 Å². The van der Waals surface area contributed by atoms with E-state index in [-0.39, 0.29) is 0 Å². The van der Waals surface area contributed by atoms with Crippen LogP contribution in [-0.4, -0.2) is 9.78 Å². The summed E-state index contributed by atoms with van der Waals surface area (Å²) >= 11 is 1.53. The maximum absolute atomic E-state index is 9.24. The quantitative estimate of drug-likeness (QED) is 0.654. The van der Waals surface area contributed by atoms with Crippen molar-refractivity contribution in [3.05, 3.63) is 41.4 Å². The van der Waals surface area contributed by atoms with Gasteiger partial charge in [0.25, 0.3) is 0 Å². The molecule has 82 valence electrons. The van der Waals surface area contributed by atoms with Gasteiger partial charge in [-0.2, -0.15) is 10.4 Å². The number of hydrogen-bond acceptors (Lipinski definition) is 3. The van der Waals surface area contributed by atoms with Gasteiger partial charge >= 0.3 is 0 Å². The standard InChI is InChI=1S/C13H9N3S/c1-16-10(6-7-15-16)13-9-4-2-3-5-11(9)17-12(13)8-14/h2-7H,1H3. The molecule has 0 amide bonds. The Morgan fingerprint density at radius 1 is 1.29 bits per heavy atom. The largest absolute Gasteiger partial charge is 0.268 e. The summed E-state index contributed by atoms with van der Waals surface area (Å²) in [7, 11) is 1.89. The molecule has 0 saturated carbocycles. The summed E-state index contributed by atoms with van der Waals surface area (Å²) in [6, 6.07) is 12.3. The molecule has 17 heavy (non-hydrogen) atoms. The number of aromatic nitrogens is 2. The normalized spacial score (nSPS) is 10.6. The van der Waals surface area contributed by atoms with Gasteiger partial charge in [0.05, 0.1) is 5.69 Å². The van der Waals surface area contributed by atoms with E-state index < -0.39 is 0 Å². The first-order valence-corrected chi connectivity index (χ1v) is 6.03. The lowest BCUT2D eigenvalue weighted by molar-refractivity contribution is 0.776. The third-order valence-corrected chi connectivity index (χ3v) is 3.85. The molecule has 0 unspecified atom stereocenters. The van der Waals surface area contributed by atoms with E-state index in [1.54, 1.807) is 10.9 Å². The fraction of sp³-hybridized carbons (Fsp3) is 0.0769. The molecule has 0 radical (unpaired) electrons. The second-order valence-electron chi connectivity index (χ2n) is 3.75. The Bertz CT molecular complexity index is 731. The number of rotatable bonds is 1. The van der Waals surface area contributed by atoms with Crippen molar-refractivity contribution in [2.45, 2.75) is 0 Å². The van der Waals surface area contributed by atoms with Crippen molar-refractivity contribution < 1.29 is 0 Å². The predicted molar refractivity (Wildman–Crippen MR) is 68.7 cm³/mol. The number of aryl methyl sites for hydroxylation is 1. The minimum absolute atomic E-state index is 0.745. The number of benzene rings is 1. The average molecular weight is 239 g/mol. The van der Waals surface area contributed by atoms with Gasteiger partial charge < -0.3 is 0 Å². The molecular formula is C13H9N3S. The summed E-state index contributed by atoms with van der Waals surface area (Å²) in [6.45, 7) is 0. The van der Waals surface area contributed by atoms with Crippen molar-refractivity contribution in [3.8, 4) is 17.3 Å². The van der Waals surface area contributed by atoms with Crippen LogP contribution in [0.15, 0.2) is 36.5 Å². The summed E-state index contributed by atoms with van der Waals surface area (Å²) in [6.07, 6.45) is 1.75. The van der Waals surface area contributed by atoms with E-state index in [9.17, 15) is 5.26 Å². The Balaban J connectivity index is 2.43. The van der Waals surface area contributed by atoms with Crippen LogP contribution in [0.3, 0.4) is 0 Å². The van der Waals surface area contributed by atoms with Gasteiger partial charge in [0.2, 0.25) is 0 Å². The number of thiophene rings is 1. The molecular weight excluding hydrogens is 230 g/mol. The average Bonchev–Trinajstić information content (AvgIpc) is 2.91. The molecule has 3 nitrogen and oxygen atoms in total. The molecule has 0 aliphatic rings. The zero-order valence-electron chi connectivity index (χ0n) is 9.21. The lowest BCUT2D eigenvalue weighted by atomic mass is 10.1. The monoisotopic (exact) mass is 239 g/mol. The minimum atomic E-state index is 0.745. The first-order chi connectivity index (χ1) is 8.31. The molecule has 2 aromatic heterocycles. The van der Waals surface area contributed by atoms with Crippen LogP contribution >= 0.6 is 11.3 Å². The Morgan fingerprint density at radius 3 is 2.82 bits per heavy atom. The molecule has 3 aromatic rings. The molecule has 3 rings (SSSR count). The molecule has 1 aromatic carbocycles. The van der Waals surface area contributed by atoms with Crippen LogP contribution in [0, 0.1) is 11.3 Å². The van der Waals surface area contributed by atoms with Crippen LogP contribution in [0.2, 0.25) is 0 Å². The van der Waals surface area contributed by atoms with Crippen molar-refractivity contribution >= 4 is 21.4 Å². The van der Waals surface area contributed by atoms with Crippen molar-refractivity contribution in [1.29, 1.82) is 5.26 Å². The van der Waals surface area contributed by atoms with Gasteiger partial charge in [0.15, 0.2) is 0 Å². The number of nitriles is 1. The molecule has 4 heteroatoms. The highest BCUT2D eigenvalue weighted by atomic mass is 32.1. The van der Waals surface area contributed by atoms with Crippen LogP contribution in [0.1, 0.15) is 4.88 Å². The number of fused-ring (bicyclic) bond motifs is 1. The Labute approximate surface area is 103 Å². The third kappa shape index (κ3) is 1.44. The summed E-state index contributed by atoms with van der Waals surface area (Å²) < 4.78 is 2.94. The van der Waals surface area contributed by atoms with Gasteiger partial charge in [-0.3, -0.25) is 4.68 Å². The summed E-state index contributed by atoms with van der Waals surface area (Å²) in [5.74, 6) is 0. The fourth-order valence-electron chi connectivity index (χ4n) is 2.00. The molecule has 0 N–H and O–H groups in total. The van der Waals surface area contributed by atoms with Gasteiger partial charge in [0.1, 0.15) is 10.9 Å². The molecule has 0 fully saturated rings. The Morgan fingerprint density at radius 2 is 2.12 bits per heavy atom. The highest BCUT2D eigenvalue weighted by Crippen LogP contribution is 2.37. The summed E-state index contributed by atoms with van der Waals surface area (Å²) in [5, 5.41) is 14.5. The van der Waals surface area contributed by atoms with Crippen LogP contribution in [0.5, 0.6) is 0 Å². The third-order valence-electron chi connectivity index (χ3n) is 2.77. The molecule has 0 aliphatic heterocycles. The van der Waals surface area contributed by atoms with E-state index in [1.165, 1.54) is 11.3 Å². The van der Waals surface area contributed by atoms with Gasteiger partial charge in [-0.1, -0.05) is 18.2 Å². The molecule has 0 bridgehead atoms. The zero-order chi connectivity index (χ0) is 11.8. The lowest BCUT2D eigenvalue weighted by Gasteiger charge is -2.01. The molecule has 0 atom stereocenters. The minimum Gasteiger partial charge on any atom is -0.268 e. The summed E-state index contributed by atoms with van der Waals surface area (Å²) in [5.41, 5.74) is 1.98. The molecule has 0 spiro atoms. The Kier molecular flexibility index (Phi) is 2.20. The van der Waals surface area contributed by atoms with Gasteiger partial charge in [0, 0.05) is 28.9 Å². The van der Waals surface area contributed by atoms with Crippen molar-refractivity contribution in [3.63, 3.8) is 0 Å². The molecule has 0 saturated heterocycles. The maximum Gasteiger partial charge on any atom is 0.115 e. The van der Waals surface area contributed by atoms with Gasteiger partial charge in [-0.05, 0) is 12.1 Å². The smallest absolute Gasteiger partial charge is 0.115 e. The van der Waals surface area contributed by atoms with E-state index in [0.717, 1.165) is 26.2 Å². The van der Waals surface area contributed by atoms with E-state index in [4.69, 9.17) is 0 Å². The highest BCUT2D eigenvalue weighted by molar-refractivity contribution is 7.20. The van der Waals surface area contributed by atoms with Gasteiger partial charge in [-0.15, -0.1) is 11.3 Å². The van der Waals surface area contributed by atoms with Crippen molar-refractivity contribution in [1.82, 2.24) is 9.78 Å². The zero-order valence-corrected chi connectivity index (χ0v) is 10.0. The highest BCUT2D eigenvalue weighted by Gasteiger charge is 2.15. The molecule has 2 heterocycles. The van der Waals surface area contributed by atoms with Crippen molar-refractivity contribution in [2.75, 3.05) is 0 Å². The first-order valence-electron chi connectivity index (χ1n) is 5.21. The first kappa shape index (κ1) is 10.1. The molecule has 0 aliphatic carbocycles. The fourth-order valence-corrected chi connectivity index (χ4v) is 3.01. The SMILES string of the molecule is Cn1nccc1-c1c(C#N)sc2ccccc12. The van der Waals surface area contributed by atoms with E-state index in [2.05, 4.69) is 17.2 Å². The van der Waals surface area contributed by atoms with E-state index in [1.807, 2.05) is 31.3 Å². The predicted octanol–water partition coefficient (Wildman–Crippen LogP) is 3.17. The second kappa shape index (κ2) is 3.72. The van der Waals surface area contributed by atoms with Crippen LogP contribution < -0.4 is 0 Å². The maximum atomic E-state index is 9.24. The number of nitrogens with zero attached hydrogens (tertiary/aromatic N) is 3. The van der Waals surface area contributed by atoms with E-state index in [0.29, 0.717) is 0 Å². The van der Waals surface area contributed by atoms with Crippen LogP contribution in [0.25, 0.3) is 21.3 Å². The topological polar surface area (TPSA) is 41.6 Å². The summed E-state index contributed by atoms with van der Waals surface area (Å²) in [4.78, 5) is 0.745.